The SMILES string of the molecule is O=C(Nc1ccccc1Oc1ccccc1)c1cc(Cl)ccc1NS(=O)(=O)c1ccc(Oc2ccccc2Cl)cc1. The van der Waals surface area contributed by atoms with Crippen molar-refractivity contribution in [1.29, 1.82) is 0 Å². The predicted octanol–water partition coefficient (Wildman–Crippen LogP) is 8.63. The van der Waals surface area contributed by atoms with Gasteiger partial charge in [-0.05, 0) is 78.9 Å². The Labute approximate surface area is 247 Å². The number of halogens is 2. The Balaban J connectivity index is 1.35. The third-order valence-electron chi connectivity index (χ3n) is 5.78. The number of hydrogen-bond donors (Lipinski definition) is 2. The van der Waals surface area contributed by atoms with E-state index in [-0.39, 0.29) is 21.2 Å². The summed E-state index contributed by atoms with van der Waals surface area (Å²) in [5.41, 5.74) is 0.461. The van der Waals surface area contributed by atoms with Crippen molar-refractivity contribution in [2.75, 3.05) is 10.0 Å². The highest BCUT2D eigenvalue weighted by atomic mass is 35.5. The molecule has 0 aliphatic carbocycles. The van der Waals surface area contributed by atoms with Crippen molar-refractivity contribution in [3.05, 3.63) is 137 Å². The highest BCUT2D eigenvalue weighted by Crippen LogP contribution is 2.32. The first-order valence-corrected chi connectivity index (χ1v) is 14.5. The lowest BCUT2D eigenvalue weighted by Crippen LogP contribution is -2.19. The first-order valence-electron chi connectivity index (χ1n) is 12.3. The highest BCUT2D eigenvalue weighted by molar-refractivity contribution is 7.92. The maximum atomic E-state index is 13.4. The first-order chi connectivity index (χ1) is 19.8. The van der Waals surface area contributed by atoms with Crippen molar-refractivity contribution in [3.63, 3.8) is 0 Å². The fraction of sp³-hybridized carbons (Fsp3) is 0. The summed E-state index contributed by atoms with van der Waals surface area (Å²) in [6.45, 7) is 0. The smallest absolute Gasteiger partial charge is 0.261 e. The van der Waals surface area contributed by atoms with Crippen molar-refractivity contribution in [2.45, 2.75) is 4.90 Å². The molecule has 0 saturated heterocycles. The summed E-state index contributed by atoms with van der Waals surface area (Å²) < 4.78 is 40.6. The van der Waals surface area contributed by atoms with Crippen LogP contribution in [0.3, 0.4) is 0 Å². The van der Waals surface area contributed by atoms with Crippen LogP contribution >= 0.6 is 23.2 Å². The molecule has 10 heteroatoms. The first kappa shape index (κ1) is 28.0. The van der Waals surface area contributed by atoms with Crippen molar-refractivity contribution in [1.82, 2.24) is 0 Å². The van der Waals surface area contributed by atoms with Crippen molar-refractivity contribution >= 4 is 50.5 Å². The number of amides is 1. The van der Waals surface area contributed by atoms with Gasteiger partial charge in [0.2, 0.25) is 0 Å². The van der Waals surface area contributed by atoms with Gasteiger partial charge in [0.25, 0.3) is 15.9 Å². The van der Waals surface area contributed by atoms with E-state index in [9.17, 15) is 13.2 Å². The molecule has 1 amide bonds. The molecule has 0 unspecified atom stereocenters. The van der Waals surface area contributed by atoms with Gasteiger partial charge in [-0.2, -0.15) is 0 Å². The van der Waals surface area contributed by atoms with Crippen LogP contribution in [0.25, 0.3) is 0 Å². The molecule has 5 aromatic carbocycles. The molecule has 0 aliphatic rings. The molecule has 2 N–H and O–H groups in total. The number of ether oxygens (including phenoxy) is 2. The standard InChI is InChI=1S/C31H22Cl2N2O5S/c32-21-14-19-27(35-41(37,38)24-17-15-23(16-18-24)39-29-12-6-4-10-26(29)33)25(20-21)31(36)34-28-11-5-7-13-30(28)40-22-8-2-1-3-9-22/h1-20,35H,(H,34,36). The minimum Gasteiger partial charge on any atom is -0.456 e. The zero-order valence-corrected chi connectivity index (χ0v) is 23.6. The Hall–Kier alpha value is -4.50. The predicted molar refractivity (Wildman–Crippen MR) is 161 cm³/mol. The van der Waals surface area contributed by atoms with Crippen LogP contribution < -0.4 is 19.5 Å². The van der Waals surface area contributed by atoms with Crippen LogP contribution in [0.4, 0.5) is 11.4 Å². The molecule has 0 radical (unpaired) electrons. The van der Waals surface area contributed by atoms with E-state index in [1.807, 2.05) is 18.2 Å². The van der Waals surface area contributed by atoms with Crippen LogP contribution in [0.5, 0.6) is 23.0 Å². The van der Waals surface area contributed by atoms with Gasteiger partial charge in [0.1, 0.15) is 17.2 Å². The van der Waals surface area contributed by atoms with Crippen LogP contribution in [-0.4, -0.2) is 14.3 Å². The van der Waals surface area contributed by atoms with Gasteiger partial charge in [-0.1, -0.05) is 65.7 Å². The molecule has 0 bridgehead atoms. The summed E-state index contributed by atoms with van der Waals surface area (Å²) in [6.07, 6.45) is 0. The minimum atomic E-state index is -4.08. The van der Waals surface area contributed by atoms with E-state index in [4.69, 9.17) is 32.7 Å². The van der Waals surface area contributed by atoms with Crippen molar-refractivity contribution in [3.8, 4) is 23.0 Å². The lowest BCUT2D eigenvalue weighted by Gasteiger charge is -2.15. The van der Waals surface area contributed by atoms with E-state index in [1.54, 1.807) is 60.7 Å². The third kappa shape index (κ3) is 6.99. The fourth-order valence-corrected chi connectivity index (χ4v) is 5.23. The zero-order valence-electron chi connectivity index (χ0n) is 21.3. The van der Waals surface area contributed by atoms with Crippen molar-refractivity contribution in [2.24, 2.45) is 0 Å². The van der Waals surface area contributed by atoms with Gasteiger partial charge < -0.3 is 14.8 Å². The number of para-hydroxylation sites is 4. The minimum absolute atomic E-state index is 0.0225. The fourth-order valence-electron chi connectivity index (χ4n) is 3.80. The number of carbonyl (C=O) groups excluding carboxylic acids is 1. The van der Waals surface area contributed by atoms with E-state index < -0.39 is 15.9 Å². The third-order valence-corrected chi connectivity index (χ3v) is 7.70. The number of benzene rings is 5. The lowest BCUT2D eigenvalue weighted by molar-refractivity contribution is 0.102. The molecule has 0 aliphatic heterocycles. The maximum Gasteiger partial charge on any atom is 0.261 e. The van der Waals surface area contributed by atoms with Gasteiger partial charge in [-0.15, -0.1) is 0 Å². The Kier molecular flexibility index (Phi) is 8.45. The largest absolute Gasteiger partial charge is 0.456 e. The van der Waals surface area contributed by atoms with Crippen LogP contribution in [0.15, 0.2) is 126 Å². The molecule has 0 spiro atoms. The second-order valence-electron chi connectivity index (χ2n) is 8.66. The number of rotatable bonds is 9. The van der Waals surface area contributed by atoms with E-state index in [0.717, 1.165) is 0 Å². The zero-order chi connectivity index (χ0) is 28.8. The summed E-state index contributed by atoms with van der Waals surface area (Å²) in [5, 5.41) is 3.47. The van der Waals surface area contributed by atoms with Crippen LogP contribution in [0.1, 0.15) is 10.4 Å². The monoisotopic (exact) mass is 604 g/mol. The Morgan fingerprint density at radius 3 is 1.98 bits per heavy atom. The lowest BCUT2D eigenvalue weighted by atomic mass is 10.1. The summed E-state index contributed by atoms with van der Waals surface area (Å²) in [7, 11) is -4.08. The number of anilines is 2. The molecule has 0 atom stereocenters. The van der Waals surface area contributed by atoms with E-state index in [1.165, 1.54) is 42.5 Å². The molecule has 0 fully saturated rings. The Morgan fingerprint density at radius 1 is 0.634 bits per heavy atom. The Bertz CT molecular complexity index is 1800. The average molecular weight is 605 g/mol. The van der Waals surface area contributed by atoms with Gasteiger partial charge in [-0.3, -0.25) is 9.52 Å². The number of nitrogens with one attached hydrogen (secondary N) is 2. The van der Waals surface area contributed by atoms with Gasteiger partial charge in [0.15, 0.2) is 5.75 Å². The quantitative estimate of drug-likeness (QED) is 0.175. The molecule has 5 aromatic rings. The molecular weight excluding hydrogens is 583 g/mol. The highest BCUT2D eigenvalue weighted by Gasteiger charge is 2.21. The number of hydrogen-bond acceptors (Lipinski definition) is 5. The molecule has 5 rings (SSSR count). The normalized spacial score (nSPS) is 11.0. The molecule has 206 valence electrons. The van der Waals surface area contributed by atoms with Crippen LogP contribution in [0.2, 0.25) is 10.0 Å². The maximum absolute atomic E-state index is 13.4. The Morgan fingerprint density at radius 2 is 1.24 bits per heavy atom. The van der Waals surface area contributed by atoms with E-state index >= 15 is 0 Å². The number of carbonyl (C=O) groups is 1. The summed E-state index contributed by atoms with van der Waals surface area (Å²) >= 11 is 12.3. The second-order valence-corrected chi connectivity index (χ2v) is 11.2. The van der Waals surface area contributed by atoms with Crippen LogP contribution in [-0.2, 0) is 10.0 Å². The topological polar surface area (TPSA) is 93.7 Å². The molecule has 41 heavy (non-hydrogen) atoms. The summed E-state index contributed by atoms with van der Waals surface area (Å²) in [6, 6.07) is 33.1. The summed E-state index contributed by atoms with van der Waals surface area (Å²) in [4.78, 5) is 13.3. The van der Waals surface area contributed by atoms with Crippen LogP contribution in [0, 0.1) is 0 Å². The van der Waals surface area contributed by atoms with Crippen molar-refractivity contribution < 1.29 is 22.7 Å². The van der Waals surface area contributed by atoms with Gasteiger partial charge in [-0.25, -0.2) is 8.42 Å². The van der Waals surface area contributed by atoms with E-state index in [2.05, 4.69) is 10.0 Å². The van der Waals surface area contributed by atoms with Gasteiger partial charge >= 0.3 is 0 Å². The second kappa shape index (κ2) is 12.3. The van der Waals surface area contributed by atoms with Gasteiger partial charge in [0.05, 0.1) is 26.9 Å². The van der Waals surface area contributed by atoms with E-state index in [0.29, 0.717) is 33.7 Å². The van der Waals surface area contributed by atoms with Gasteiger partial charge in [0, 0.05) is 5.02 Å². The molecule has 7 nitrogen and oxygen atoms in total. The average Bonchev–Trinajstić information content (AvgIpc) is 2.97. The molecule has 0 aromatic heterocycles. The molecule has 0 heterocycles. The number of sulfonamides is 1. The molecular formula is C31H22Cl2N2O5S. The molecule has 0 saturated carbocycles. The summed E-state index contributed by atoms with van der Waals surface area (Å²) in [5.74, 6) is 1.26.